The topological polar surface area (TPSA) is 70.6 Å². The summed E-state index contributed by atoms with van der Waals surface area (Å²) in [6.45, 7) is 2.61. The van der Waals surface area contributed by atoms with Crippen molar-refractivity contribution in [3.63, 3.8) is 0 Å². The van der Waals surface area contributed by atoms with E-state index in [9.17, 15) is 13.2 Å². The van der Waals surface area contributed by atoms with Gasteiger partial charge >= 0.3 is 0 Å². The first-order valence-electron chi connectivity index (χ1n) is 9.02. The normalized spacial score (nSPS) is 13.9. The minimum Gasteiger partial charge on any atom is -0.292 e. The molecule has 0 fully saturated rings. The van der Waals surface area contributed by atoms with Crippen molar-refractivity contribution >= 4 is 32.7 Å². The highest BCUT2D eigenvalue weighted by Crippen LogP contribution is 2.31. The van der Waals surface area contributed by atoms with E-state index in [1.165, 1.54) is 31.8 Å². The molecule has 0 unspecified atom stereocenters. The quantitative estimate of drug-likeness (QED) is 0.684. The van der Waals surface area contributed by atoms with E-state index in [1.807, 2.05) is 19.1 Å². The van der Waals surface area contributed by atoms with E-state index >= 15 is 0 Å². The van der Waals surface area contributed by atoms with Gasteiger partial charge in [0.15, 0.2) is 0 Å². The maximum absolute atomic E-state index is 13.0. The molecule has 0 N–H and O–H groups in total. The van der Waals surface area contributed by atoms with Gasteiger partial charge in [-0.1, -0.05) is 11.6 Å². The zero-order valence-corrected chi connectivity index (χ0v) is 16.8. The molecule has 0 atom stereocenters. The Kier molecular flexibility index (Phi) is 4.44. The molecule has 0 saturated heterocycles. The Bertz CT molecular complexity index is 1190. The summed E-state index contributed by atoms with van der Waals surface area (Å²) in [5.41, 5.74) is 3.53. The van der Waals surface area contributed by atoms with Gasteiger partial charge in [-0.05, 0) is 61.4 Å². The zero-order chi connectivity index (χ0) is 20.1. The van der Waals surface area contributed by atoms with Gasteiger partial charge in [-0.3, -0.25) is 9.69 Å². The van der Waals surface area contributed by atoms with Gasteiger partial charge < -0.3 is 0 Å². The number of benzene rings is 2. The Hall–Kier alpha value is -2.77. The van der Waals surface area contributed by atoms with Gasteiger partial charge in [0.05, 0.1) is 10.4 Å². The van der Waals surface area contributed by atoms with E-state index in [-0.39, 0.29) is 10.8 Å². The lowest BCUT2D eigenvalue weighted by Gasteiger charge is -2.17. The Morgan fingerprint density at radius 1 is 1.07 bits per heavy atom. The number of sulfonamides is 1. The minimum absolute atomic E-state index is 0.162. The Morgan fingerprint density at radius 2 is 1.79 bits per heavy atom. The average Bonchev–Trinajstić information content (AvgIpc) is 3.08. The van der Waals surface area contributed by atoms with Gasteiger partial charge in [0, 0.05) is 31.6 Å². The monoisotopic (exact) mass is 395 g/mol. The van der Waals surface area contributed by atoms with E-state index < -0.39 is 10.0 Å². The lowest BCUT2D eigenvalue weighted by molar-refractivity contribution is 0.0988. The maximum atomic E-state index is 13.0. The van der Waals surface area contributed by atoms with Crippen LogP contribution in [-0.4, -0.2) is 44.3 Å². The molecule has 1 aliphatic rings. The van der Waals surface area contributed by atoms with Crippen LogP contribution in [-0.2, 0) is 16.4 Å². The Labute approximate surface area is 164 Å². The van der Waals surface area contributed by atoms with E-state index in [4.69, 9.17) is 4.98 Å². The molecule has 0 bridgehead atoms. The van der Waals surface area contributed by atoms with Gasteiger partial charge in [-0.2, -0.15) is 0 Å². The minimum atomic E-state index is -3.52. The predicted molar refractivity (Wildman–Crippen MR) is 109 cm³/mol. The summed E-state index contributed by atoms with van der Waals surface area (Å²) >= 11 is 0. The smallest absolute Gasteiger partial charge is 0.259 e. The van der Waals surface area contributed by atoms with E-state index in [0.29, 0.717) is 17.9 Å². The molecule has 1 aliphatic heterocycles. The molecule has 2 heterocycles. The highest BCUT2D eigenvalue weighted by atomic mass is 32.2. The molecular weight excluding hydrogens is 374 g/mol. The first-order chi connectivity index (χ1) is 13.3. The number of hydrogen-bond donors (Lipinski definition) is 0. The first-order valence-corrected chi connectivity index (χ1v) is 10.5. The number of anilines is 1. The van der Waals surface area contributed by atoms with Gasteiger partial charge in [0.1, 0.15) is 5.82 Å². The molecule has 0 spiro atoms. The fraction of sp³-hybridized carbons (Fsp3) is 0.238. The van der Waals surface area contributed by atoms with Crippen LogP contribution in [0.1, 0.15) is 21.5 Å². The van der Waals surface area contributed by atoms with Gasteiger partial charge in [-0.25, -0.2) is 17.7 Å². The molecule has 28 heavy (non-hydrogen) atoms. The summed E-state index contributed by atoms with van der Waals surface area (Å²) in [5.74, 6) is 0.512. The number of carbonyl (C=O) groups excluding carboxylic acids is 1. The summed E-state index contributed by atoms with van der Waals surface area (Å²) in [6, 6.07) is 14.2. The number of carbonyl (C=O) groups is 1. The number of hydrogen-bond acceptors (Lipinski definition) is 4. The standard InChI is InChI=1S/C21H21N3O3S/c1-14-4-9-19-17(12-14)13-16-10-11-24(20(16)22-19)21(25)15-5-7-18(8-6-15)28(26,27)23(2)3/h4-9,12-13H,10-11H2,1-3H3. The molecule has 3 aromatic rings. The third-order valence-corrected chi connectivity index (χ3v) is 6.84. The van der Waals surface area contributed by atoms with Crippen LogP contribution in [0.25, 0.3) is 10.9 Å². The summed E-state index contributed by atoms with van der Waals surface area (Å²) < 4.78 is 25.6. The fourth-order valence-electron chi connectivity index (χ4n) is 3.42. The summed E-state index contributed by atoms with van der Waals surface area (Å²) in [4.78, 5) is 19.6. The van der Waals surface area contributed by atoms with Crippen molar-refractivity contribution in [2.75, 3.05) is 25.5 Å². The van der Waals surface area contributed by atoms with Crippen molar-refractivity contribution in [3.8, 4) is 0 Å². The van der Waals surface area contributed by atoms with Crippen LogP contribution in [0.15, 0.2) is 53.4 Å². The molecule has 6 nitrogen and oxygen atoms in total. The average molecular weight is 395 g/mol. The second kappa shape index (κ2) is 6.68. The molecule has 7 heteroatoms. The number of aryl methyl sites for hydroxylation is 1. The molecule has 1 amide bonds. The van der Waals surface area contributed by atoms with E-state index in [1.54, 1.807) is 17.0 Å². The van der Waals surface area contributed by atoms with Gasteiger partial charge in [-0.15, -0.1) is 0 Å². The number of aromatic nitrogens is 1. The SMILES string of the molecule is Cc1ccc2nc3c(cc2c1)CCN3C(=O)c1ccc(S(=O)(=O)N(C)C)cc1. The van der Waals surface area contributed by atoms with E-state index in [2.05, 4.69) is 12.1 Å². The highest BCUT2D eigenvalue weighted by Gasteiger charge is 2.28. The van der Waals surface area contributed by atoms with Crippen LogP contribution in [0.5, 0.6) is 0 Å². The third kappa shape index (κ3) is 3.06. The van der Waals surface area contributed by atoms with Crippen LogP contribution in [0.2, 0.25) is 0 Å². The van der Waals surface area contributed by atoms with Crippen molar-refractivity contribution < 1.29 is 13.2 Å². The van der Waals surface area contributed by atoms with Crippen molar-refractivity contribution in [2.45, 2.75) is 18.2 Å². The number of fused-ring (bicyclic) bond motifs is 2. The van der Waals surface area contributed by atoms with E-state index in [0.717, 1.165) is 27.2 Å². The van der Waals surface area contributed by atoms with Crippen LogP contribution < -0.4 is 4.90 Å². The molecule has 0 saturated carbocycles. The summed E-state index contributed by atoms with van der Waals surface area (Å²) in [5, 5.41) is 1.08. The molecule has 1 aromatic heterocycles. The van der Waals surface area contributed by atoms with Crippen molar-refractivity contribution in [3.05, 3.63) is 65.2 Å². The molecular formula is C21H21N3O3S. The largest absolute Gasteiger partial charge is 0.292 e. The Morgan fingerprint density at radius 3 is 2.46 bits per heavy atom. The van der Waals surface area contributed by atoms with Crippen LogP contribution >= 0.6 is 0 Å². The van der Waals surface area contributed by atoms with Gasteiger partial charge in [0.25, 0.3) is 5.91 Å². The fourth-order valence-corrected chi connectivity index (χ4v) is 4.32. The molecule has 4 rings (SSSR count). The maximum Gasteiger partial charge on any atom is 0.259 e. The number of nitrogens with zero attached hydrogens (tertiary/aromatic N) is 3. The van der Waals surface area contributed by atoms with Crippen LogP contribution in [0, 0.1) is 6.92 Å². The number of rotatable bonds is 3. The second-order valence-corrected chi connectivity index (χ2v) is 9.34. The second-order valence-electron chi connectivity index (χ2n) is 7.19. The van der Waals surface area contributed by atoms with Crippen LogP contribution in [0.4, 0.5) is 5.82 Å². The van der Waals surface area contributed by atoms with Gasteiger partial charge in [0.2, 0.25) is 10.0 Å². The van der Waals surface area contributed by atoms with Crippen LogP contribution in [0.3, 0.4) is 0 Å². The lowest BCUT2D eigenvalue weighted by atomic mass is 10.1. The molecule has 2 aromatic carbocycles. The van der Waals surface area contributed by atoms with Crippen molar-refractivity contribution in [1.29, 1.82) is 0 Å². The molecule has 0 aliphatic carbocycles. The molecule has 144 valence electrons. The van der Waals surface area contributed by atoms with Crippen molar-refractivity contribution in [1.82, 2.24) is 9.29 Å². The molecule has 0 radical (unpaired) electrons. The number of pyridine rings is 1. The Balaban J connectivity index is 1.67. The zero-order valence-electron chi connectivity index (χ0n) is 16.0. The third-order valence-electron chi connectivity index (χ3n) is 5.01. The lowest BCUT2D eigenvalue weighted by Crippen LogP contribution is -2.29. The highest BCUT2D eigenvalue weighted by molar-refractivity contribution is 7.89. The summed E-state index contributed by atoms with van der Waals surface area (Å²) in [7, 11) is -0.560. The predicted octanol–water partition coefficient (Wildman–Crippen LogP) is 3.00. The van der Waals surface area contributed by atoms with Crippen molar-refractivity contribution in [2.24, 2.45) is 0 Å². The number of amides is 1. The first kappa shape index (κ1) is 18.6. The summed E-state index contributed by atoms with van der Waals surface area (Å²) in [6.07, 6.45) is 0.755.